The highest BCUT2D eigenvalue weighted by atomic mass is 16.3. The number of pyridine rings is 4. The molecule has 0 fully saturated rings. The van der Waals surface area contributed by atoms with E-state index in [2.05, 4.69) is 152 Å². The minimum Gasteiger partial charge on any atom is -0.454 e. The maximum Gasteiger partial charge on any atom is 0.154 e. The molecule has 0 saturated heterocycles. The molecule has 67 heavy (non-hydrogen) atoms. The Labute approximate surface area is 388 Å². The summed E-state index contributed by atoms with van der Waals surface area (Å²) in [4.78, 5) is 19.7. The molecular formula is C62H40N4O. The van der Waals surface area contributed by atoms with Crippen molar-refractivity contribution in [2.45, 2.75) is 0 Å². The summed E-state index contributed by atoms with van der Waals surface area (Å²) in [6.45, 7) is 0. The van der Waals surface area contributed by atoms with Crippen LogP contribution in [0.5, 0.6) is 0 Å². The topological polar surface area (TPSA) is 64.7 Å². The zero-order chi connectivity index (χ0) is 44.5. The van der Waals surface area contributed by atoms with Crippen molar-refractivity contribution in [3.8, 4) is 101 Å². The molecule has 0 spiro atoms. The van der Waals surface area contributed by atoms with Crippen molar-refractivity contribution in [3.63, 3.8) is 0 Å². The summed E-state index contributed by atoms with van der Waals surface area (Å²) in [5.74, 6) is 0. The van der Waals surface area contributed by atoms with Crippen LogP contribution in [0.1, 0.15) is 0 Å². The molecule has 12 aromatic rings. The fourth-order valence-corrected chi connectivity index (χ4v) is 9.18. The Bertz CT molecular complexity index is 3570. The Morgan fingerprint density at radius 2 is 0.597 bits per heavy atom. The van der Waals surface area contributed by atoms with Gasteiger partial charge in [-0.1, -0.05) is 164 Å². The van der Waals surface area contributed by atoms with Crippen LogP contribution in [0, 0.1) is 0 Å². The van der Waals surface area contributed by atoms with Crippen LogP contribution in [-0.4, -0.2) is 19.9 Å². The van der Waals surface area contributed by atoms with Gasteiger partial charge >= 0.3 is 0 Å². The minimum atomic E-state index is 0.745. The highest BCUT2D eigenvalue weighted by Crippen LogP contribution is 2.42. The predicted molar refractivity (Wildman–Crippen MR) is 274 cm³/mol. The van der Waals surface area contributed by atoms with Crippen LogP contribution in [0.4, 0.5) is 0 Å². The SMILES string of the molecule is c1ccc(-c2ccc(-c3ccccc3-c3cc(-c4ccccc4-c4ccc(-c5ccccc5)nc4)cc(-c4ccccc4-c4ccc(-c5cnc6c(c5)oc5ccccc56)nc4)c3)cn2)cc1. The van der Waals surface area contributed by atoms with E-state index in [0.717, 1.165) is 123 Å². The molecule has 0 saturated carbocycles. The smallest absolute Gasteiger partial charge is 0.154 e. The molecule has 0 amide bonds. The Balaban J connectivity index is 0.974. The van der Waals surface area contributed by atoms with E-state index in [1.807, 2.05) is 91.5 Å². The average Bonchev–Trinajstić information content (AvgIpc) is 3.79. The number of hydrogen-bond donors (Lipinski definition) is 0. The third-order valence-electron chi connectivity index (χ3n) is 12.5. The van der Waals surface area contributed by atoms with Gasteiger partial charge in [-0.25, -0.2) is 0 Å². The van der Waals surface area contributed by atoms with Crippen LogP contribution in [0.2, 0.25) is 0 Å². The number of benzene rings is 7. The lowest BCUT2D eigenvalue weighted by atomic mass is 9.86. The number of furan rings is 1. The van der Waals surface area contributed by atoms with E-state index in [-0.39, 0.29) is 0 Å². The molecule has 0 aliphatic carbocycles. The van der Waals surface area contributed by atoms with E-state index in [0.29, 0.717) is 0 Å². The lowest BCUT2D eigenvalue weighted by Gasteiger charge is -2.18. The molecule has 5 aromatic heterocycles. The zero-order valence-electron chi connectivity index (χ0n) is 36.3. The summed E-state index contributed by atoms with van der Waals surface area (Å²) in [7, 11) is 0. The van der Waals surface area contributed by atoms with E-state index < -0.39 is 0 Å². The highest BCUT2D eigenvalue weighted by Gasteiger charge is 2.18. The van der Waals surface area contributed by atoms with Gasteiger partial charge in [0, 0.05) is 63.6 Å². The van der Waals surface area contributed by atoms with Crippen molar-refractivity contribution in [1.82, 2.24) is 19.9 Å². The van der Waals surface area contributed by atoms with Crippen molar-refractivity contribution in [2.24, 2.45) is 0 Å². The predicted octanol–water partition coefficient (Wildman–Crippen LogP) is 16.2. The Hall–Kier alpha value is -9.06. The Kier molecular flexibility index (Phi) is 10.1. The van der Waals surface area contributed by atoms with E-state index in [1.54, 1.807) is 0 Å². The summed E-state index contributed by atoms with van der Waals surface area (Å²) in [5.41, 5.74) is 21.2. The van der Waals surface area contributed by atoms with Gasteiger partial charge in [0.05, 0.1) is 17.1 Å². The molecule has 0 aliphatic heterocycles. The molecule has 0 N–H and O–H groups in total. The van der Waals surface area contributed by atoms with Crippen LogP contribution < -0.4 is 0 Å². The van der Waals surface area contributed by atoms with Crippen molar-refractivity contribution >= 4 is 22.1 Å². The van der Waals surface area contributed by atoms with Crippen LogP contribution in [-0.2, 0) is 0 Å². The second-order valence-corrected chi connectivity index (χ2v) is 16.6. The third-order valence-corrected chi connectivity index (χ3v) is 12.5. The maximum absolute atomic E-state index is 6.17. The monoisotopic (exact) mass is 856 g/mol. The normalized spacial score (nSPS) is 11.3. The van der Waals surface area contributed by atoms with Crippen LogP contribution >= 0.6 is 0 Å². The molecule has 0 bridgehead atoms. The molecule has 0 aliphatic rings. The van der Waals surface area contributed by atoms with Crippen LogP contribution in [0.25, 0.3) is 123 Å². The standard InChI is InChI=1S/C62H40N4O/c1-3-15-41(16-4-1)57-30-27-43(37-63-57)50-19-7-10-22-53(50)46-33-47(54-23-11-8-20-51(54)44-28-31-58(64-38-44)42-17-5-2-6-18-42)35-48(34-46)55-24-12-9-21-52(55)45-29-32-59(65-39-45)49-36-61-62(66-40-49)56-25-13-14-26-60(56)67-61/h1-40H. The van der Waals surface area contributed by atoms with Gasteiger partial charge in [0.1, 0.15) is 11.1 Å². The van der Waals surface area contributed by atoms with Crippen molar-refractivity contribution in [1.29, 1.82) is 0 Å². The van der Waals surface area contributed by atoms with Gasteiger partial charge in [0.2, 0.25) is 0 Å². The second-order valence-electron chi connectivity index (χ2n) is 16.6. The summed E-state index contributed by atoms with van der Waals surface area (Å²) >= 11 is 0. The summed E-state index contributed by atoms with van der Waals surface area (Å²) in [6, 6.07) is 76.3. The van der Waals surface area contributed by atoms with Gasteiger partial charge in [0.25, 0.3) is 0 Å². The lowest BCUT2D eigenvalue weighted by molar-refractivity contribution is 0.668. The number of fused-ring (bicyclic) bond motifs is 3. The molecule has 5 heterocycles. The number of hydrogen-bond acceptors (Lipinski definition) is 5. The number of para-hydroxylation sites is 1. The maximum atomic E-state index is 6.17. The van der Waals surface area contributed by atoms with Gasteiger partial charge in [-0.05, 0) is 105 Å². The minimum absolute atomic E-state index is 0.745. The van der Waals surface area contributed by atoms with Crippen molar-refractivity contribution in [2.75, 3.05) is 0 Å². The van der Waals surface area contributed by atoms with Gasteiger partial charge in [-0.3, -0.25) is 19.9 Å². The van der Waals surface area contributed by atoms with Gasteiger partial charge in [-0.15, -0.1) is 0 Å². The first kappa shape index (κ1) is 39.5. The largest absolute Gasteiger partial charge is 0.454 e. The fourth-order valence-electron chi connectivity index (χ4n) is 9.18. The third kappa shape index (κ3) is 7.64. The van der Waals surface area contributed by atoms with E-state index in [9.17, 15) is 0 Å². The molecule has 5 heteroatoms. The lowest BCUT2D eigenvalue weighted by Crippen LogP contribution is -1.93. The Morgan fingerprint density at radius 1 is 0.239 bits per heavy atom. The van der Waals surface area contributed by atoms with Crippen LogP contribution in [0.3, 0.4) is 0 Å². The molecule has 7 aromatic carbocycles. The number of rotatable bonds is 9. The first-order chi connectivity index (χ1) is 33.2. The second kappa shape index (κ2) is 17.1. The number of aromatic nitrogens is 4. The van der Waals surface area contributed by atoms with Crippen LogP contribution in [0.15, 0.2) is 248 Å². The zero-order valence-corrected chi connectivity index (χ0v) is 36.3. The van der Waals surface area contributed by atoms with E-state index in [4.69, 9.17) is 24.4 Å². The van der Waals surface area contributed by atoms with Gasteiger partial charge in [0.15, 0.2) is 5.58 Å². The highest BCUT2D eigenvalue weighted by molar-refractivity contribution is 6.03. The Morgan fingerprint density at radius 3 is 1.01 bits per heavy atom. The summed E-state index contributed by atoms with van der Waals surface area (Å²) in [5, 5.41) is 1.01. The molecule has 12 rings (SSSR count). The first-order valence-corrected chi connectivity index (χ1v) is 22.4. The molecule has 5 nitrogen and oxygen atoms in total. The summed E-state index contributed by atoms with van der Waals surface area (Å²) in [6.07, 6.45) is 7.82. The molecule has 314 valence electrons. The van der Waals surface area contributed by atoms with Crippen molar-refractivity contribution in [3.05, 3.63) is 243 Å². The van der Waals surface area contributed by atoms with E-state index in [1.165, 1.54) is 0 Å². The van der Waals surface area contributed by atoms with Crippen molar-refractivity contribution < 1.29 is 4.42 Å². The fraction of sp³-hybridized carbons (Fsp3) is 0. The molecular weight excluding hydrogens is 817 g/mol. The quantitative estimate of drug-likeness (QED) is 0.145. The van der Waals surface area contributed by atoms with Gasteiger partial charge in [-0.2, -0.15) is 0 Å². The molecule has 0 unspecified atom stereocenters. The molecule has 0 radical (unpaired) electrons. The number of nitrogens with zero attached hydrogens (tertiary/aromatic N) is 4. The van der Waals surface area contributed by atoms with Gasteiger partial charge < -0.3 is 4.42 Å². The first-order valence-electron chi connectivity index (χ1n) is 22.4. The van der Waals surface area contributed by atoms with E-state index >= 15 is 0 Å². The average molecular weight is 857 g/mol. The summed E-state index contributed by atoms with van der Waals surface area (Å²) < 4.78 is 6.17. The molecule has 0 atom stereocenters.